The molecule has 2 heterocycles. The summed E-state index contributed by atoms with van der Waals surface area (Å²) in [6.45, 7) is 1.87. The number of carbonyl (C=O) groups excluding carboxylic acids is 1. The molecular formula is C16H17N5O2. The number of benzene rings is 1. The largest absolute Gasteiger partial charge is 0.480 e. The molecule has 3 aromatic rings. The van der Waals surface area contributed by atoms with Gasteiger partial charge in [0.15, 0.2) is 0 Å². The van der Waals surface area contributed by atoms with Gasteiger partial charge in [0.2, 0.25) is 5.88 Å². The van der Waals surface area contributed by atoms with Gasteiger partial charge >= 0.3 is 0 Å². The fraction of sp³-hybridized carbons (Fsp3) is 0.188. The Balaban J connectivity index is 1.97. The van der Waals surface area contributed by atoms with E-state index in [0.29, 0.717) is 17.4 Å². The summed E-state index contributed by atoms with van der Waals surface area (Å²) >= 11 is 0. The van der Waals surface area contributed by atoms with Crippen molar-refractivity contribution < 1.29 is 9.53 Å². The van der Waals surface area contributed by atoms with Crippen molar-refractivity contribution in [2.24, 2.45) is 7.05 Å². The molecule has 0 aliphatic carbocycles. The molecule has 1 N–H and O–H groups in total. The van der Waals surface area contributed by atoms with E-state index in [2.05, 4.69) is 15.5 Å². The Bertz CT molecular complexity index is 836. The fourth-order valence-electron chi connectivity index (χ4n) is 2.29. The number of hydrogen-bond donors (Lipinski definition) is 1. The van der Waals surface area contributed by atoms with Gasteiger partial charge in [0.1, 0.15) is 11.5 Å². The lowest BCUT2D eigenvalue weighted by Gasteiger charge is -2.08. The minimum absolute atomic E-state index is 0.285. The molecule has 0 saturated carbocycles. The van der Waals surface area contributed by atoms with Crippen LogP contribution in [0.15, 0.2) is 42.5 Å². The summed E-state index contributed by atoms with van der Waals surface area (Å²) in [6, 6.07) is 12.8. The van der Waals surface area contributed by atoms with Gasteiger partial charge in [-0.3, -0.25) is 9.48 Å². The maximum absolute atomic E-state index is 12.6. The van der Waals surface area contributed by atoms with Crippen LogP contribution in [0.1, 0.15) is 16.2 Å². The summed E-state index contributed by atoms with van der Waals surface area (Å²) in [5.41, 5.74) is 1.99. The second-order valence-corrected chi connectivity index (χ2v) is 5.07. The van der Waals surface area contributed by atoms with E-state index in [0.717, 1.165) is 11.4 Å². The first-order chi connectivity index (χ1) is 11.1. The van der Waals surface area contributed by atoms with Gasteiger partial charge in [0, 0.05) is 19.2 Å². The molecule has 0 fully saturated rings. The van der Waals surface area contributed by atoms with Crippen LogP contribution in [-0.2, 0) is 7.05 Å². The van der Waals surface area contributed by atoms with Gasteiger partial charge < -0.3 is 10.1 Å². The second-order valence-electron chi connectivity index (χ2n) is 5.07. The summed E-state index contributed by atoms with van der Waals surface area (Å²) in [7, 11) is 3.29. The molecule has 0 spiro atoms. The molecule has 0 radical (unpaired) electrons. The number of aromatic nitrogens is 4. The Morgan fingerprint density at radius 1 is 1.17 bits per heavy atom. The van der Waals surface area contributed by atoms with Gasteiger partial charge in [-0.05, 0) is 19.1 Å². The molecule has 2 aromatic heterocycles. The van der Waals surface area contributed by atoms with Crippen LogP contribution in [0.2, 0.25) is 0 Å². The van der Waals surface area contributed by atoms with Crippen molar-refractivity contribution in [1.29, 1.82) is 0 Å². The lowest BCUT2D eigenvalue weighted by atomic mass is 10.3. The van der Waals surface area contributed by atoms with E-state index in [9.17, 15) is 4.79 Å². The number of methoxy groups -OCH3 is 1. The van der Waals surface area contributed by atoms with Crippen LogP contribution >= 0.6 is 0 Å². The van der Waals surface area contributed by atoms with E-state index in [1.165, 1.54) is 7.11 Å². The molecule has 0 unspecified atom stereocenters. The van der Waals surface area contributed by atoms with Gasteiger partial charge in [0.05, 0.1) is 18.5 Å². The molecule has 0 saturated heterocycles. The van der Waals surface area contributed by atoms with E-state index < -0.39 is 0 Å². The number of rotatable bonds is 4. The Morgan fingerprint density at radius 3 is 2.52 bits per heavy atom. The number of ether oxygens (including phenoxy) is 1. The predicted molar refractivity (Wildman–Crippen MR) is 86.0 cm³/mol. The van der Waals surface area contributed by atoms with Gasteiger partial charge in [-0.1, -0.05) is 18.2 Å². The highest BCUT2D eigenvalue weighted by molar-refractivity contribution is 6.03. The zero-order chi connectivity index (χ0) is 16.4. The first kappa shape index (κ1) is 14.8. The third kappa shape index (κ3) is 2.94. The SMILES string of the molecule is COc1cc(C(=O)Nc2cc(C)nn2C)n(-c2ccccc2)n1. The monoisotopic (exact) mass is 311 g/mol. The van der Waals surface area contributed by atoms with Crippen LogP contribution in [0.3, 0.4) is 0 Å². The summed E-state index contributed by atoms with van der Waals surface area (Å²) < 4.78 is 8.33. The fourth-order valence-corrected chi connectivity index (χ4v) is 2.29. The minimum Gasteiger partial charge on any atom is -0.480 e. The van der Waals surface area contributed by atoms with Crippen LogP contribution in [-0.4, -0.2) is 32.6 Å². The third-order valence-corrected chi connectivity index (χ3v) is 3.37. The van der Waals surface area contributed by atoms with Crippen molar-refractivity contribution in [2.75, 3.05) is 12.4 Å². The van der Waals surface area contributed by atoms with E-state index >= 15 is 0 Å². The standard InChI is InChI=1S/C16H17N5O2/c1-11-9-14(20(2)18-11)17-16(22)13-10-15(23-3)19-21(13)12-7-5-4-6-8-12/h4-10H,1-3H3,(H,17,22). The summed E-state index contributed by atoms with van der Waals surface area (Å²) in [5.74, 6) is 0.708. The Labute approximate surface area is 133 Å². The molecule has 0 aliphatic rings. The lowest BCUT2D eigenvalue weighted by Crippen LogP contribution is -2.18. The molecule has 23 heavy (non-hydrogen) atoms. The van der Waals surface area contributed by atoms with Gasteiger partial charge in [-0.15, -0.1) is 5.10 Å². The van der Waals surface area contributed by atoms with Gasteiger partial charge in [-0.2, -0.15) is 5.10 Å². The number of nitrogens with one attached hydrogen (secondary N) is 1. The molecule has 3 rings (SSSR count). The average Bonchev–Trinajstić information content (AvgIpc) is 3.11. The maximum atomic E-state index is 12.6. The molecule has 1 amide bonds. The normalized spacial score (nSPS) is 10.6. The number of amides is 1. The van der Waals surface area contributed by atoms with Crippen molar-refractivity contribution in [3.8, 4) is 11.6 Å². The second kappa shape index (κ2) is 5.96. The summed E-state index contributed by atoms with van der Waals surface area (Å²) in [5, 5.41) is 11.4. The smallest absolute Gasteiger partial charge is 0.275 e. The van der Waals surface area contributed by atoms with Crippen molar-refractivity contribution in [1.82, 2.24) is 19.6 Å². The highest BCUT2D eigenvalue weighted by atomic mass is 16.5. The molecule has 0 bridgehead atoms. The van der Waals surface area contributed by atoms with Crippen LogP contribution < -0.4 is 10.1 Å². The Hall–Kier alpha value is -3.09. The van der Waals surface area contributed by atoms with Crippen LogP contribution in [0.5, 0.6) is 5.88 Å². The first-order valence-electron chi connectivity index (χ1n) is 7.10. The van der Waals surface area contributed by atoms with E-state index in [1.807, 2.05) is 37.3 Å². The van der Waals surface area contributed by atoms with E-state index in [4.69, 9.17) is 4.74 Å². The zero-order valence-electron chi connectivity index (χ0n) is 13.1. The topological polar surface area (TPSA) is 74.0 Å². The van der Waals surface area contributed by atoms with Crippen molar-refractivity contribution in [3.05, 3.63) is 53.9 Å². The van der Waals surface area contributed by atoms with Crippen LogP contribution in [0, 0.1) is 6.92 Å². The number of aryl methyl sites for hydroxylation is 2. The first-order valence-corrected chi connectivity index (χ1v) is 7.10. The summed E-state index contributed by atoms with van der Waals surface area (Å²) in [4.78, 5) is 12.6. The minimum atomic E-state index is -0.285. The molecule has 7 nitrogen and oxygen atoms in total. The molecule has 118 valence electrons. The number of para-hydroxylation sites is 1. The van der Waals surface area contributed by atoms with E-state index in [-0.39, 0.29) is 5.91 Å². The maximum Gasteiger partial charge on any atom is 0.275 e. The quantitative estimate of drug-likeness (QED) is 0.801. The van der Waals surface area contributed by atoms with Gasteiger partial charge in [-0.25, -0.2) is 4.68 Å². The Kier molecular flexibility index (Phi) is 3.84. The summed E-state index contributed by atoms with van der Waals surface area (Å²) in [6.07, 6.45) is 0. The molecule has 7 heteroatoms. The predicted octanol–water partition coefficient (Wildman–Crippen LogP) is 2.18. The number of anilines is 1. The van der Waals surface area contributed by atoms with Crippen molar-refractivity contribution >= 4 is 11.7 Å². The van der Waals surface area contributed by atoms with Crippen LogP contribution in [0.4, 0.5) is 5.82 Å². The third-order valence-electron chi connectivity index (χ3n) is 3.37. The number of hydrogen-bond acceptors (Lipinski definition) is 4. The van der Waals surface area contributed by atoms with Crippen molar-refractivity contribution in [2.45, 2.75) is 6.92 Å². The molecule has 0 aliphatic heterocycles. The van der Waals surface area contributed by atoms with E-state index in [1.54, 1.807) is 28.5 Å². The van der Waals surface area contributed by atoms with Gasteiger partial charge in [0.25, 0.3) is 5.91 Å². The van der Waals surface area contributed by atoms with Crippen molar-refractivity contribution in [3.63, 3.8) is 0 Å². The lowest BCUT2D eigenvalue weighted by molar-refractivity contribution is 0.101. The number of carbonyl (C=O) groups is 1. The zero-order valence-corrected chi connectivity index (χ0v) is 13.1. The number of nitrogens with zero attached hydrogens (tertiary/aromatic N) is 4. The highest BCUT2D eigenvalue weighted by Gasteiger charge is 2.18. The average molecular weight is 311 g/mol. The Morgan fingerprint density at radius 2 is 1.91 bits per heavy atom. The van der Waals surface area contributed by atoms with Crippen LogP contribution in [0.25, 0.3) is 5.69 Å². The molecule has 1 aromatic carbocycles. The highest BCUT2D eigenvalue weighted by Crippen LogP contribution is 2.18. The molecular weight excluding hydrogens is 294 g/mol. The molecule has 0 atom stereocenters.